The normalized spacial score (nSPS) is 12.5. The lowest BCUT2D eigenvalue weighted by Gasteiger charge is -2.13. The number of aromatic amines is 1. The second-order valence-electron chi connectivity index (χ2n) is 13.0. The molecule has 66 heavy (non-hydrogen) atoms. The van der Waals surface area contributed by atoms with Gasteiger partial charge in [0.25, 0.3) is 35.9 Å². The number of aromatic hydroxyl groups is 1. The number of azo groups is 3. The number of methoxy groups -OCH3 is 1. The quantitative estimate of drug-likeness (QED) is 0.0391. The van der Waals surface area contributed by atoms with Crippen LogP contribution in [0.25, 0.3) is 16.5 Å². The first-order chi connectivity index (χ1) is 31.1. The molecule has 0 saturated carbocycles. The number of hydrogen-bond acceptors (Lipinski definition) is 20. The lowest BCUT2D eigenvalue weighted by molar-refractivity contribution is 0.0690. The number of aromatic carboxylic acids is 1. The number of H-pyrrole nitrogens is 1. The molecule has 0 atom stereocenters. The fourth-order valence-electron chi connectivity index (χ4n) is 5.78. The van der Waals surface area contributed by atoms with Crippen molar-refractivity contribution in [3.8, 4) is 28.7 Å². The van der Waals surface area contributed by atoms with Crippen molar-refractivity contribution in [1.82, 2.24) is 9.78 Å². The molecule has 0 bridgehead atoms. The largest absolute Gasteiger partial charge is 0.505 e. The summed E-state index contributed by atoms with van der Waals surface area (Å²) in [6, 6.07) is 14.4. The molecule has 0 unspecified atom stereocenters. The molecule has 0 saturated heterocycles. The predicted molar refractivity (Wildman–Crippen MR) is 226 cm³/mol. The van der Waals surface area contributed by atoms with Gasteiger partial charge >= 0.3 is 5.97 Å². The van der Waals surface area contributed by atoms with Gasteiger partial charge in [0.1, 0.15) is 63.0 Å². The molecule has 0 spiro atoms. The molecule has 0 amide bonds. The highest BCUT2D eigenvalue weighted by atomic mass is 32.2. The Labute approximate surface area is 370 Å². The molecule has 26 nitrogen and oxygen atoms in total. The third kappa shape index (κ3) is 10.7. The summed E-state index contributed by atoms with van der Waals surface area (Å²) in [6.07, 6.45) is 0. The van der Waals surface area contributed by atoms with Crippen LogP contribution in [-0.2, 0) is 30.4 Å². The fourth-order valence-corrected chi connectivity index (χ4v) is 7.56. The standard InChI is InChI=1S/C37H32N8O18S3/c1-61-22-5-9-25(30(16-22)65(55,56)57)39-40-26-17-29(63-13-11-47)27(18-28(26)62-12-10-46)41-42-32-31(66(58,59)60)15-19-14-20(2-8-24(19)35(32)48)38-43-33-34(37(50)51)44-45(36(33)49)21-3-6-23(7-4-21)64(52,53)54/h2-9,14-18,44,46-48H,10-13H2,1H3,(H,50,51)(H,52,53,54)(H,55,56,57)(H,58,59,60). The molecular weight excluding hydrogens is 941 g/mol. The molecule has 0 aliphatic rings. The van der Waals surface area contributed by atoms with Crippen LogP contribution in [0.1, 0.15) is 10.5 Å². The summed E-state index contributed by atoms with van der Waals surface area (Å²) in [4.78, 5) is 23.1. The first-order valence-electron chi connectivity index (χ1n) is 18.1. The van der Waals surface area contributed by atoms with Crippen LogP contribution in [0, 0.1) is 0 Å². The Morgan fingerprint density at radius 3 is 1.79 bits per heavy atom. The highest BCUT2D eigenvalue weighted by Crippen LogP contribution is 2.45. The zero-order valence-electron chi connectivity index (χ0n) is 33.3. The molecule has 8 N–H and O–H groups in total. The van der Waals surface area contributed by atoms with Gasteiger partial charge in [-0.2, -0.15) is 30.4 Å². The van der Waals surface area contributed by atoms with Gasteiger partial charge in [-0.15, -0.1) is 25.6 Å². The highest BCUT2D eigenvalue weighted by molar-refractivity contribution is 7.86. The number of phenolic OH excluding ortho intramolecular Hbond substituents is 1. The maximum absolute atomic E-state index is 13.2. The van der Waals surface area contributed by atoms with Gasteiger partial charge in [-0.1, -0.05) is 0 Å². The smallest absolute Gasteiger partial charge is 0.356 e. The van der Waals surface area contributed by atoms with E-state index in [1.54, 1.807) is 0 Å². The van der Waals surface area contributed by atoms with Gasteiger partial charge < -0.3 is 34.6 Å². The average molecular weight is 973 g/mol. The first kappa shape index (κ1) is 48.0. The van der Waals surface area contributed by atoms with E-state index in [-0.39, 0.29) is 69.7 Å². The van der Waals surface area contributed by atoms with E-state index in [2.05, 4.69) is 35.8 Å². The number of carboxylic acid groups (broad SMARTS) is 1. The number of fused-ring (bicyclic) bond motifs is 1. The SMILES string of the molecule is COc1ccc(N=Nc2cc(OCCO)c(N=Nc3c(S(=O)(=O)O)cc4cc(N=Nc5c(C(=O)O)[nH]n(-c6ccc(S(=O)(=O)O)cc6)c5=O)ccc4c3O)cc2OCCO)c(S(=O)(=O)O)c1. The Bertz CT molecular complexity index is 3370. The second-order valence-corrected chi connectivity index (χ2v) is 17.2. The number of hydrogen-bond donors (Lipinski definition) is 8. The number of nitrogens with one attached hydrogen (secondary N) is 1. The van der Waals surface area contributed by atoms with E-state index < -0.39 is 92.6 Å². The van der Waals surface area contributed by atoms with Gasteiger partial charge in [0.15, 0.2) is 17.1 Å². The van der Waals surface area contributed by atoms with Crippen LogP contribution in [0.2, 0.25) is 0 Å². The van der Waals surface area contributed by atoms with Gasteiger partial charge in [-0.05, 0) is 66.0 Å². The van der Waals surface area contributed by atoms with E-state index >= 15 is 0 Å². The van der Waals surface area contributed by atoms with Crippen molar-refractivity contribution in [1.29, 1.82) is 0 Å². The van der Waals surface area contributed by atoms with Gasteiger partial charge in [0.05, 0.1) is 36.6 Å². The van der Waals surface area contributed by atoms with E-state index in [1.807, 2.05) is 0 Å². The number of ether oxygens (including phenoxy) is 3. The van der Waals surface area contributed by atoms with Crippen molar-refractivity contribution in [2.24, 2.45) is 30.7 Å². The Hall–Kier alpha value is -7.51. The molecule has 0 aliphatic heterocycles. The van der Waals surface area contributed by atoms with Crippen LogP contribution < -0.4 is 19.8 Å². The van der Waals surface area contributed by atoms with E-state index in [9.17, 15) is 68.9 Å². The summed E-state index contributed by atoms with van der Waals surface area (Å²) >= 11 is 0. The first-order valence-corrected chi connectivity index (χ1v) is 22.5. The number of aliphatic hydroxyl groups excluding tert-OH is 2. The van der Waals surface area contributed by atoms with Crippen LogP contribution >= 0.6 is 0 Å². The number of aliphatic hydroxyl groups is 2. The van der Waals surface area contributed by atoms with Crippen molar-refractivity contribution in [3.05, 3.63) is 94.9 Å². The average Bonchev–Trinajstić information content (AvgIpc) is 3.60. The van der Waals surface area contributed by atoms with Gasteiger partial charge in [-0.25, -0.2) is 9.48 Å². The Balaban J connectivity index is 1.40. The fraction of sp³-hybridized carbons (Fsp3) is 0.135. The molecular formula is C37H32N8O18S3. The molecule has 29 heteroatoms. The molecule has 0 radical (unpaired) electrons. The van der Waals surface area contributed by atoms with E-state index in [0.717, 1.165) is 59.3 Å². The molecule has 1 heterocycles. The summed E-state index contributed by atoms with van der Waals surface area (Å²) in [5, 5.41) is 65.6. The number of aromatic nitrogens is 2. The number of benzene rings is 5. The molecule has 5 aromatic carbocycles. The van der Waals surface area contributed by atoms with Crippen molar-refractivity contribution in [3.63, 3.8) is 0 Å². The lowest BCUT2D eigenvalue weighted by Crippen LogP contribution is -2.14. The third-order valence-corrected chi connectivity index (χ3v) is 11.4. The third-order valence-electron chi connectivity index (χ3n) is 8.76. The maximum atomic E-state index is 13.2. The Morgan fingerprint density at radius 1 is 0.667 bits per heavy atom. The van der Waals surface area contributed by atoms with Crippen molar-refractivity contribution < 1.29 is 78.3 Å². The van der Waals surface area contributed by atoms with Crippen LogP contribution in [0.5, 0.6) is 23.0 Å². The number of carbonyl (C=O) groups is 1. The van der Waals surface area contributed by atoms with Gasteiger partial charge in [0, 0.05) is 23.6 Å². The minimum absolute atomic E-state index is 0.0454. The molecule has 6 rings (SSSR count). The number of nitrogens with zero attached hydrogens (tertiary/aromatic N) is 7. The number of rotatable bonds is 18. The minimum atomic E-state index is -5.22. The predicted octanol–water partition coefficient (Wildman–Crippen LogP) is 5.46. The van der Waals surface area contributed by atoms with Crippen LogP contribution in [0.3, 0.4) is 0 Å². The Kier molecular flexibility index (Phi) is 14.0. The Morgan fingerprint density at radius 2 is 1.24 bits per heavy atom. The van der Waals surface area contributed by atoms with Crippen molar-refractivity contribution in [2.45, 2.75) is 14.7 Å². The minimum Gasteiger partial charge on any atom is -0.505 e. The van der Waals surface area contributed by atoms with E-state index in [1.165, 1.54) is 31.4 Å². The summed E-state index contributed by atoms with van der Waals surface area (Å²) < 4.78 is 119. The van der Waals surface area contributed by atoms with Crippen molar-refractivity contribution >= 4 is 81.2 Å². The molecule has 0 fully saturated rings. The lowest BCUT2D eigenvalue weighted by atomic mass is 10.1. The number of carboxylic acids is 1. The molecule has 0 aliphatic carbocycles. The van der Waals surface area contributed by atoms with E-state index in [0.29, 0.717) is 0 Å². The molecule has 346 valence electrons. The summed E-state index contributed by atoms with van der Waals surface area (Å²) in [5.74, 6) is -2.83. The maximum Gasteiger partial charge on any atom is 0.356 e. The van der Waals surface area contributed by atoms with Crippen LogP contribution in [0.4, 0.5) is 34.1 Å². The zero-order valence-corrected chi connectivity index (χ0v) is 35.8. The topological polar surface area (TPSA) is 401 Å². The molecule has 1 aromatic heterocycles. The van der Waals surface area contributed by atoms with Gasteiger partial charge in [-0.3, -0.25) is 23.6 Å². The molecule has 6 aromatic rings. The summed E-state index contributed by atoms with van der Waals surface area (Å²) in [6.45, 7) is -1.74. The van der Waals surface area contributed by atoms with E-state index in [4.69, 9.17) is 14.2 Å². The van der Waals surface area contributed by atoms with Crippen LogP contribution in [0.15, 0.2) is 129 Å². The number of phenols is 1. The van der Waals surface area contributed by atoms with Crippen LogP contribution in [-0.4, -0.2) is 109 Å². The second kappa shape index (κ2) is 19.3. The monoisotopic (exact) mass is 972 g/mol. The highest BCUT2D eigenvalue weighted by Gasteiger charge is 2.25. The summed E-state index contributed by atoms with van der Waals surface area (Å²) in [7, 11) is -13.4. The summed E-state index contributed by atoms with van der Waals surface area (Å²) in [5.41, 5.74) is -4.25. The van der Waals surface area contributed by atoms with Gasteiger partial charge in [0.2, 0.25) is 0 Å². The van der Waals surface area contributed by atoms with Crippen molar-refractivity contribution in [2.75, 3.05) is 33.5 Å². The zero-order chi connectivity index (χ0) is 48.1.